The van der Waals surface area contributed by atoms with Gasteiger partial charge >= 0.3 is 11.7 Å². The zero-order valence-electron chi connectivity index (χ0n) is 14.2. The van der Waals surface area contributed by atoms with E-state index in [4.69, 9.17) is 9.84 Å². The number of carbonyl (C=O) groups is 2. The highest BCUT2D eigenvalue weighted by atomic mass is 19.1. The number of amides is 1. The number of carbonyl (C=O) groups excluding carboxylic acids is 1. The lowest BCUT2D eigenvalue weighted by molar-refractivity contribution is -0.387. The summed E-state index contributed by atoms with van der Waals surface area (Å²) in [7, 11) is 0. The van der Waals surface area contributed by atoms with Crippen molar-refractivity contribution < 1.29 is 28.7 Å². The first-order valence-electron chi connectivity index (χ1n) is 8.12. The Balaban J connectivity index is 1.74. The normalized spacial score (nSPS) is 18.9. The van der Waals surface area contributed by atoms with Gasteiger partial charge in [-0.1, -0.05) is 6.92 Å². The summed E-state index contributed by atoms with van der Waals surface area (Å²) in [6.45, 7) is 2.13. The van der Waals surface area contributed by atoms with Crippen molar-refractivity contribution in [2.45, 2.75) is 31.8 Å². The first-order valence-corrected chi connectivity index (χ1v) is 8.12. The molecular weight excluding hydrogens is 349 g/mol. The fourth-order valence-corrected chi connectivity index (χ4v) is 2.82. The summed E-state index contributed by atoms with van der Waals surface area (Å²) in [5.41, 5.74) is -0.663. The van der Waals surface area contributed by atoms with E-state index in [1.54, 1.807) is 0 Å². The Kier molecular flexibility index (Phi) is 6.45. The summed E-state index contributed by atoms with van der Waals surface area (Å²) in [5.74, 6) is -2.29. The number of benzene rings is 1. The number of nitro groups is 1. The lowest BCUT2D eigenvalue weighted by Gasteiger charge is -2.42. The third kappa shape index (κ3) is 5.12. The molecule has 0 heterocycles. The van der Waals surface area contributed by atoms with Crippen LogP contribution in [0.15, 0.2) is 18.2 Å². The smallest absolute Gasteiger partial charge is 0.317 e. The number of halogens is 1. The molecule has 0 radical (unpaired) electrons. The second kappa shape index (κ2) is 8.56. The van der Waals surface area contributed by atoms with Crippen LogP contribution in [0.5, 0.6) is 5.75 Å². The molecule has 0 aromatic heterocycles. The molecule has 0 saturated heterocycles. The molecule has 26 heavy (non-hydrogen) atoms. The Morgan fingerprint density at radius 3 is 2.69 bits per heavy atom. The van der Waals surface area contributed by atoms with Crippen LogP contribution >= 0.6 is 0 Å². The molecule has 0 aliphatic heterocycles. The molecule has 10 heteroatoms. The second-order valence-corrected chi connectivity index (χ2v) is 6.01. The Labute approximate surface area is 148 Å². The number of ether oxygens (including phenoxy) is 1. The van der Waals surface area contributed by atoms with E-state index >= 15 is 0 Å². The molecule has 1 aliphatic rings. The van der Waals surface area contributed by atoms with Gasteiger partial charge in [0.25, 0.3) is 5.91 Å². The van der Waals surface area contributed by atoms with Crippen molar-refractivity contribution in [3.05, 3.63) is 34.1 Å². The Morgan fingerprint density at radius 2 is 2.15 bits per heavy atom. The van der Waals surface area contributed by atoms with E-state index in [0.29, 0.717) is 19.4 Å². The molecule has 1 aromatic carbocycles. The Morgan fingerprint density at radius 1 is 1.46 bits per heavy atom. The summed E-state index contributed by atoms with van der Waals surface area (Å²) in [4.78, 5) is 34.2. The van der Waals surface area contributed by atoms with Gasteiger partial charge in [0.2, 0.25) is 5.82 Å². The first kappa shape index (κ1) is 19.6. The summed E-state index contributed by atoms with van der Waals surface area (Å²) >= 11 is 0. The zero-order chi connectivity index (χ0) is 19.3. The van der Waals surface area contributed by atoms with Crippen molar-refractivity contribution in [3.8, 4) is 5.75 Å². The lowest BCUT2D eigenvalue weighted by atomic mass is 9.85. The SMILES string of the molecule is CCN(CC(=O)O)C1CC(NC(=O)COc2ccc([N+](=O)[O-])c(F)c2)C1. The van der Waals surface area contributed by atoms with Crippen molar-refractivity contribution in [2.24, 2.45) is 0 Å². The fourth-order valence-electron chi connectivity index (χ4n) is 2.82. The molecule has 1 saturated carbocycles. The van der Waals surface area contributed by atoms with Crippen LogP contribution in [0.25, 0.3) is 0 Å². The number of carboxylic acids is 1. The number of carboxylic acid groups (broad SMARTS) is 1. The van der Waals surface area contributed by atoms with Crippen molar-refractivity contribution >= 4 is 17.6 Å². The number of nitrogens with zero attached hydrogens (tertiary/aromatic N) is 2. The standard InChI is InChI=1S/C16H20FN3O6/c1-2-19(8-16(22)23)11-5-10(6-11)18-15(21)9-26-12-3-4-14(20(24)25)13(17)7-12/h3-4,7,10-11H,2,5-6,8-9H2,1H3,(H,18,21)(H,22,23). The molecular formula is C16H20FN3O6. The minimum atomic E-state index is -1.03. The van der Waals surface area contributed by atoms with Crippen LogP contribution in [0.2, 0.25) is 0 Å². The highest BCUT2D eigenvalue weighted by molar-refractivity contribution is 5.78. The van der Waals surface area contributed by atoms with Gasteiger partial charge in [0.1, 0.15) is 5.75 Å². The molecule has 0 atom stereocenters. The second-order valence-electron chi connectivity index (χ2n) is 6.01. The van der Waals surface area contributed by atoms with Crippen molar-refractivity contribution in [1.82, 2.24) is 10.2 Å². The third-order valence-electron chi connectivity index (χ3n) is 4.23. The minimum absolute atomic E-state index is 0.0216. The molecule has 1 amide bonds. The maximum Gasteiger partial charge on any atom is 0.317 e. The molecule has 0 unspecified atom stereocenters. The summed E-state index contributed by atoms with van der Waals surface area (Å²) < 4.78 is 18.6. The highest BCUT2D eigenvalue weighted by Crippen LogP contribution is 2.26. The molecule has 1 aromatic rings. The number of nitro benzene ring substituents is 1. The first-order chi connectivity index (χ1) is 12.3. The fraction of sp³-hybridized carbons (Fsp3) is 0.500. The predicted molar refractivity (Wildman–Crippen MR) is 88.4 cm³/mol. The predicted octanol–water partition coefficient (Wildman–Crippen LogP) is 1.17. The monoisotopic (exact) mass is 369 g/mol. The van der Waals surface area contributed by atoms with E-state index in [-0.39, 0.29) is 31.0 Å². The van der Waals surface area contributed by atoms with Crippen molar-refractivity contribution in [1.29, 1.82) is 0 Å². The van der Waals surface area contributed by atoms with Crippen LogP contribution < -0.4 is 10.1 Å². The van der Waals surface area contributed by atoms with Crippen LogP contribution in [-0.4, -0.2) is 58.6 Å². The van der Waals surface area contributed by atoms with E-state index in [2.05, 4.69) is 5.32 Å². The molecule has 0 bridgehead atoms. The zero-order valence-corrected chi connectivity index (χ0v) is 14.2. The third-order valence-corrected chi connectivity index (χ3v) is 4.23. The van der Waals surface area contributed by atoms with Gasteiger partial charge in [0.05, 0.1) is 11.5 Å². The van der Waals surface area contributed by atoms with Crippen LogP contribution in [0.3, 0.4) is 0 Å². The molecule has 2 rings (SSSR count). The number of hydrogen-bond acceptors (Lipinski definition) is 6. The highest BCUT2D eigenvalue weighted by Gasteiger charge is 2.34. The van der Waals surface area contributed by atoms with Gasteiger partial charge < -0.3 is 15.2 Å². The molecule has 142 valence electrons. The van der Waals surface area contributed by atoms with Crippen molar-refractivity contribution in [3.63, 3.8) is 0 Å². The van der Waals surface area contributed by atoms with E-state index in [9.17, 15) is 24.1 Å². The summed E-state index contributed by atoms with van der Waals surface area (Å²) in [6.07, 6.45) is 1.30. The molecule has 1 fully saturated rings. The van der Waals surface area contributed by atoms with Crippen LogP contribution in [0.4, 0.5) is 10.1 Å². The quantitative estimate of drug-likeness (QED) is 0.495. The Hall–Kier alpha value is -2.75. The van der Waals surface area contributed by atoms with E-state index in [1.165, 1.54) is 6.07 Å². The van der Waals surface area contributed by atoms with Crippen LogP contribution in [-0.2, 0) is 9.59 Å². The number of likely N-dealkylation sites (N-methyl/N-ethyl adjacent to an activating group) is 1. The van der Waals surface area contributed by atoms with Crippen LogP contribution in [0.1, 0.15) is 19.8 Å². The number of hydrogen-bond donors (Lipinski definition) is 2. The van der Waals surface area contributed by atoms with Gasteiger partial charge in [0, 0.05) is 24.2 Å². The van der Waals surface area contributed by atoms with Gasteiger partial charge in [-0.25, -0.2) is 0 Å². The van der Waals surface area contributed by atoms with Gasteiger partial charge in [0.15, 0.2) is 6.61 Å². The summed E-state index contributed by atoms with van der Waals surface area (Å²) in [5, 5.41) is 22.1. The lowest BCUT2D eigenvalue weighted by Crippen LogP contribution is -2.55. The van der Waals surface area contributed by atoms with Crippen LogP contribution in [0, 0.1) is 15.9 Å². The number of aliphatic carboxylic acids is 1. The van der Waals surface area contributed by atoms with E-state index < -0.39 is 28.3 Å². The van der Waals surface area contributed by atoms with Gasteiger partial charge in [-0.15, -0.1) is 0 Å². The Bertz CT molecular complexity index is 693. The van der Waals surface area contributed by atoms with Gasteiger partial charge in [-0.3, -0.25) is 24.6 Å². The molecule has 9 nitrogen and oxygen atoms in total. The minimum Gasteiger partial charge on any atom is -0.484 e. The van der Waals surface area contributed by atoms with Gasteiger partial charge in [-0.05, 0) is 25.5 Å². The average molecular weight is 369 g/mol. The topological polar surface area (TPSA) is 122 Å². The molecule has 0 spiro atoms. The van der Waals surface area contributed by atoms with Crippen molar-refractivity contribution in [2.75, 3.05) is 19.7 Å². The van der Waals surface area contributed by atoms with E-state index in [0.717, 1.165) is 12.1 Å². The largest absolute Gasteiger partial charge is 0.484 e. The number of nitrogens with one attached hydrogen (secondary N) is 1. The van der Waals surface area contributed by atoms with Gasteiger partial charge in [-0.2, -0.15) is 4.39 Å². The number of rotatable bonds is 9. The summed E-state index contributed by atoms with van der Waals surface area (Å²) in [6, 6.07) is 3.11. The van der Waals surface area contributed by atoms with E-state index in [1.807, 2.05) is 11.8 Å². The average Bonchev–Trinajstić information content (AvgIpc) is 2.53. The molecule has 1 aliphatic carbocycles. The molecule has 2 N–H and O–H groups in total. The maximum absolute atomic E-state index is 13.5. The maximum atomic E-state index is 13.5.